The second-order valence-electron chi connectivity index (χ2n) is 6.27. The number of piperazine rings is 1. The average molecular weight is 316 g/mol. The van der Waals surface area contributed by atoms with Gasteiger partial charge in [-0.05, 0) is 42.3 Å². The lowest BCUT2D eigenvalue weighted by Gasteiger charge is -2.34. The molecule has 23 heavy (non-hydrogen) atoms. The Bertz CT molecular complexity index is 579. The van der Waals surface area contributed by atoms with Crippen molar-refractivity contribution in [2.24, 2.45) is 0 Å². The summed E-state index contributed by atoms with van der Waals surface area (Å²) in [5, 5.41) is 3.44. The van der Waals surface area contributed by atoms with Crippen molar-refractivity contribution in [1.29, 1.82) is 0 Å². The Labute approximate surface area is 136 Å². The van der Waals surface area contributed by atoms with Crippen LogP contribution < -0.4 is 5.32 Å². The van der Waals surface area contributed by atoms with E-state index in [0.29, 0.717) is 6.04 Å². The average Bonchev–Trinajstić information content (AvgIpc) is 2.55. The fraction of sp³-hybridized carbons (Fsp3) is 0.368. The van der Waals surface area contributed by atoms with Gasteiger partial charge in [0.1, 0.15) is 11.6 Å². The van der Waals surface area contributed by atoms with Crippen LogP contribution in [0.15, 0.2) is 48.5 Å². The van der Waals surface area contributed by atoms with E-state index in [0.717, 1.165) is 37.3 Å². The van der Waals surface area contributed by atoms with Crippen LogP contribution in [0.2, 0.25) is 0 Å². The lowest BCUT2D eigenvalue weighted by Crippen LogP contribution is -2.50. The molecule has 1 N–H and O–H groups in total. The first-order valence-electron chi connectivity index (χ1n) is 8.08. The van der Waals surface area contributed by atoms with Gasteiger partial charge in [-0.3, -0.25) is 4.90 Å². The maximum absolute atomic E-state index is 13.2. The molecule has 0 radical (unpaired) electrons. The number of hydrogen-bond donors (Lipinski definition) is 1. The summed E-state index contributed by atoms with van der Waals surface area (Å²) in [6.45, 7) is 5.98. The summed E-state index contributed by atoms with van der Waals surface area (Å²) < 4.78 is 26.5. The van der Waals surface area contributed by atoms with Crippen LogP contribution in [0.1, 0.15) is 24.0 Å². The monoisotopic (exact) mass is 316 g/mol. The molecule has 2 nitrogen and oxygen atoms in total. The normalized spacial score (nSPS) is 19.2. The van der Waals surface area contributed by atoms with Crippen LogP contribution in [0.3, 0.4) is 0 Å². The number of hydrogen-bond acceptors (Lipinski definition) is 2. The Kier molecular flexibility index (Phi) is 5.03. The third-order valence-electron chi connectivity index (χ3n) is 4.44. The third-order valence-corrected chi connectivity index (χ3v) is 4.44. The minimum absolute atomic E-state index is 0.112. The number of benzene rings is 2. The van der Waals surface area contributed by atoms with Gasteiger partial charge in [-0.1, -0.05) is 24.3 Å². The van der Waals surface area contributed by atoms with Crippen molar-refractivity contribution in [3.8, 4) is 0 Å². The first kappa shape index (κ1) is 16.1. The van der Waals surface area contributed by atoms with Crippen molar-refractivity contribution >= 4 is 0 Å². The molecule has 2 aromatic carbocycles. The molecule has 0 bridgehead atoms. The molecule has 0 unspecified atom stereocenters. The molecule has 0 amide bonds. The molecular weight excluding hydrogens is 294 g/mol. The van der Waals surface area contributed by atoms with Crippen molar-refractivity contribution < 1.29 is 8.78 Å². The Hall–Kier alpha value is -1.78. The van der Waals surface area contributed by atoms with Gasteiger partial charge in [0.25, 0.3) is 0 Å². The Morgan fingerprint density at radius 2 is 1.52 bits per heavy atom. The molecular formula is C19H22F2N2. The van der Waals surface area contributed by atoms with E-state index in [-0.39, 0.29) is 17.6 Å². The molecule has 1 fully saturated rings. The molecule has 4 heteroatoms. The smallest absolute Gasteiger partial charge is 0.123 e. The topological polar surface area (TPSA) is 15.3 Å². The Morgan fingerprint density at radius 1 is 1.00 bits per heavy atom. The highest BCUT2D eigenvalue weighted by molar-refractivity contribution is 5.33. The minimum atomic E-state index is -0.234. The highest BCUT2D eigenvalue weighted by Gasteiger charge is 2.22. The zero-order chi connectivity index (χ0) is 16.2. The summed E-state index contributed by atoms with van der Waals surface area (Å²) in [5.41, 5.74) is 2.12. The second-order valence-corrected chi connectivity index (χ2v) is 6.27. The van der Waals surface area contributed by atoms with Crippen LogP contribution in [0.25, 0.3) is 0 Å². The standard InChI is InChI=1S/C19H22F2N2/c1-14-12-23(11-10-22-14)13-19(15-2-6-17(20)7-3-15)16-4-8-18(21)9-5-16/h2-9,14,19,22H,10-13H2,1H3/t14-/m1/s1. The van der Waals surface area contributed by atoms with E-state index in [1.54, 1.807) is 0 Å². The molecule has 1 aliphatic rings. The van der Waals surface area contributed by atoms with Gasteiger partial charge in [0.15, 0.2) is 0 Å². The van der Waals surface area contributed by atoms with E-state index < -0.39 is 0 Å². The van der Waals surface area contributed by atoms with Crippen LogP contribution in [-0.2, 0) is 0 Å². The number of rotatable bonds is 4. The SMILES string of the molecule is C[C@@H]1CN(CC(c2ccc(F)cc2)c2ccc(F)cc2)CCN1. The van der Waals surface area contributed by atoms with Crippen molar-refractivity contribution in [2.45, 2.75) is 18.9 Å². The molecule has 0 spiro atoms. The van der Waals surface area contributed by atoms with E-state index in [1.807, 2.05) is 24.3 Å². The molecule has 3 rings (SSSR count). The largest absolute Gasteiger partial charge is 0.312 e. The van der Waals surface area contributed by atoms with Crippen LogP contribution in [0.5, 0.6) is 0 Å². The summed E-state index contributed by atoms with van der Waals surface area (Å²) in [4.78, 5) is 2.42. The van der Waals surface area contributed by atoms with Crippen LogP contribution >= 0.6 is 0 Å². The van der Waals surface area contributed by atoms with Crippen LogP contribution in [-0.4, -0.2) is 37.1 Å². The first-order valence-corrected chi connectivity index (χ1v) is 8.08. The van der Waals surface area contributed by atoms with E-state index in [9.17, 15) is 8.78 Å². The predicted octanol–water partition coefficient (Wildman–Crippen LogP) is 3.39. The van der Waals surface area contributed by atoms with Gasteiger partial charge >= 0.3 is 0 Å². The van der Waals surface area contributed by atoms with E-state index in [4.69, 9.17) is 0 Å². The van der Waals surface area contributed by atoms with Crippen molar-refractivity contribution in [3.63, 3.8) is 0 Å². The van der Waals surface area contributed by atoms with Gasteiger partial charge in [0.05, 0.1) is 0 Å². The van der Waals surface area contributed by atoms with Crippen molar-refractivity contribution in [3.05, 3.63) is 71.3 Å². The van der Waals surface area contributed by atoms with Crippen molar-refractivity contribution in [1.82, 2.24) is 10.2 Å². The maximum Gasteiger partial charge on any atom is 0.123 e. The quantitative estimate of drug-likeness (QED) is 0.930. The fourth-order valence-corrected chi connectivity index (χ4v) is 3.23. The highest BCUT2D eigenvalue weighted by Crippen LogP contribution is 2.26. The molecule has 0 aliphatic carbocycles. The number of halogens is 2. The summed E-state index contributed by atoms with van der Waals surface area (Å²) in [7, 11) is 0. The van der Waals surface area contributed by atoms with E-state index >= 15 is 0 Å². The van der Waals surface area contributed by atoms with E-state index in [1.165, 1.54) is 24.3 Å². The van der Waals surface area contributed by atoms with Gasteiger partial charge < -0.3 is 5.32 Å². The zero-order valence-corrected chi connectivity index (χ0v) is 13.3. The van der Waals surface area contributed by atoms with Gasteiger partial charge in [-0.25, -0.2) is 8.78 Å². The lowest BCUT2D eigenvalue weighted by atomic mass is 9.90. The molecule has 122 valence electrons. The minimum Gasteiger partial charge on any atom is -0.312 e. The van der Waals surface area contributed by atoms with Gasteiger partial charge in [0.2, 0.25) is 0 Å². The summed E-state index contributed by atoms with van der Waals surface area (Å²) >= 11 is 0. The summed E-state index contributed by atoms with van der Waals surface area (Å²) in [6.07, 6.45) is 0. The molecule has 1 atom stereocenters. The van der Waals surface area contributed by atoms with E-state index in [2.05, 4.69) is 17.1 Å². The summed E-state index contributed by atoms with van der Waals surface area (Å²) in [5.74, 6) is -0.355. The van der Waals surface area contributed by atoms with Gasteiger partial charge in [0, 0.05) is 38.1 Å². The third kappa shape index (κ3) is 4.15. The zero-order valence-electron chi connectivity index (χ0n) is 13.3. The molecule has 0 saturated carbocycles. The molecule has 1 heterocycles. The lowest BCUT2D eigenvalue weighted by molar-refractivity contribution is 0.202. The Morgan fingerprint density at radius 3 is 2.00 bits per heavy atom. The molecule has 1 saturated heterocycles. The fourth-order valence-electron chi connectivity index (χ4n) is 3.23. The highest BCUT2D eigenvalue weighted by atomic mass is 19.1. The first-order chi connectivity index (χ1) is 11.1. The summed E-state index contributed by atoms with van der Waals surface area (Å²) in [6, 6.07) is 13.7. The number of nitrogens with zero attached hydrogens (tertiary/aromatic N) is 1. The Balaban J connectivity index is 1.86. The number of nitrogens with one attached hydrogen (secondary N) is 1. The predicted molar refractivity (Wildman–Crippen MR) is 88.5 cm³/mol. The molecule has 0 aromatic heterocycles. The van der Waals surface area contributed by atoms with Crippen LogP contribution in [0, 0.1) is 11.6 Å². The van der Waals surface area contributed by atoms with Gasteiger partial charge in [-0.15, -0.1) is 0 Å². The van der Waals surface area contributed by atoms with Crippen LogP contribution in [0.4, 0.5) is 8.78 Å². The van der Waals surface area contributed by atoms with Crippen molar-refractivity contribution in [2.75, 3.05) is 26.2 Å². The molecule has 2 aromatic rings. The van der Waals surface area contributed by atoms with Gasteiger partial charge in [-0.2, -0.15) is 0 Å². The maximum atomic E-state index is 13.2. The second kappa shape index (κ2) is 7.20. The molecule has 1 aliphatic heterocycles.